The van der Waals surface area contributed by atoms with E-state index in [9.17, 15) is 4.79 Å². The van der Waals surface area contributed by atoms with Gasteiger partial charge < -0.3 is 5.32 Å². The number of carbonyl (C=O) groups excluding carboxylic acids is 1. The molecule has 0 unspecified atom stereocenters. The molecule has 1 fully saturated rings. The maximum atomic E-state index is 12.3. The van der Waals surface area contributed by atoms with Crippen LogP contribution in [-0.4, -0.2) is 11.9 Å². The fourth-order valence-corrected chi connectivity index (χ4v) is 3.21. The Labute approximate surface area is 116 Å². The molecule has 1 aliphatic rings. The second-order valence-corrected chi connectivity index (χ2v) is 6.27. The van der Waals surface area contributed by atoms with E-state index in [0.29, 0.717) is 17.9 Å². The largest absolute Gasteiger partial charge is 0.349 e. The first-order valence-corrected chi connectivity index (χ1v) is 7.44. The van der Waals surface area contributed by atoms with E-state index in [1.54, 1.807) is 0 Å². The molecule has 2 rings (SSSR count). The number of nitrogens with one attached hydrogen (secondary N) is 1. The van der Waals surface area contributed by atoms with E-state index in [0.717, 1.165) is 17.9 Å². The maximum Gasteiger partial charge on any atom is 0.251 e. The lowest BCUT2D eigenvalue weighted by atomic mass is 9.74. The summed E-state index contributed by atoms with van der Waals surface area (Å²) in [6.07, 6.45) is 3.64. The van der Waals surface area contributed by atoms with Gasteiger partial charge in [-0.25, -0.2) is 0 Å². The molecule has 0 aliphatic heterocycles. The maximum absolute atomic E-state index is 12.3. The van der Waals surface area contributed by atoms with E-state index >= 15 is 0 Å². The summed E-state index contributed by atoms with van der Waals surface area (Å²) in [6, 6.07) is 9.86. The fourth-order valence-electron chi connectivity index (χ4n) is 3.21. The molecule has 104 valence electrons. The van der Waals surface area contributed by atoms with Gasteiger partial charge in [0.25, 0.3) is 5.91 Å². The Morgan fingerprint density at radius 2 is 1.89 bits per heavy atom. The molecule has 0 aromatic heterocycles. The van der Waals surface area contributed by atoms with Crippen molar-refractivity contribution in [1.82, 2.24) is 5.32 Å². The van der Waals surface area contributed by atoms with Gasteiger partial charge in [0.15, 0.2) is 0 Å². The first-order valence-electron chi connectivity index (χ1n) is 7.44. The van der Waals surface area contributed by atoms with E-state index in [1.807, 2.05) is 30.3 Å². The lowest BCUT2D eigenvalue weighted by Gasteiger charge is -2.37. The number of benzene rings is 1. The minimum absolute atomic E-state index is 0.0744. The van der Waals surface area contributed by atoms with Crippen LogP contribution in [0.3, 0.4) is 0 Å². The number of amides is 1. The molecule has 0 bridgehead atoms. The van der Waals surface area contributed by atoms with Gasteiger partial charge in [0.2, 0.25) is 0 Å². The van der Waals surface area contributed by atoms with Crippen molar-refractivity contribution < 1.29 is 4.79 Å². The summed E-state index contributed by atoms with van der Waals surface area (Å²) in [5.41, 5.74) is 0.767. The van der Waals surface area contributed by atoms with Crippen LogP contribution in [0.2, 0.25) is 0 Å². The highest BCUT2D eigenvalue weighted by Gasteiger charge is 2.31. The molecular weight excluding hydrogens is 234 g/mol. The molecule has 1 saturated carbocycles. The highest BCUT2D eigenvalue weighted by atomic mass is 16.1. The summed E-state index contributed by atoms with van der Waals surface area (Å²) in [7, 11) is 0. The third-order valence-electron chi connectivity index (χ3n) is 4.37. The molecule has 1 aromatic carbocycles. The lowest BCUT2D eigenvalue weighted by molar-refractivity contribution is 0.0868. The standard InChI is InChI=1S/C17H25NO/c1-12(2)15-10-9-13(3)11-16(15)18-17(19)14-7-5-4-6-8-14/h4-8,12-13,15-16H,9-11H2,1-3H3,(H,18,19)/t13-,15+,16-/m0/s1. The molecule has 1 N–H and O–H groups in total. The van der Waals surface area contributed by atoms with Crippen molar-refractivity contribution in [2.75, 3.05) is 0 Å². The zero-order valence-corrected chi connectivity index (χ0v) is 12.2. The zero-order valence-electron chi connectivity index (χ0n) is 12.2. The van der Waals surface area contributed by atoms with Gasteiger partial charge in [0, 0.05) is 11.6 Å². The number of rotatable bonds is 3. The normalized spacial score (nSPS) is 27.3. The third kappa shape index (κ3) is 3.59. The van der Waals surface area contributed by atoms with Gasteiger partial charge in [-0.1, -0.05) is 45.4 Å². The number of hydrogen-bond donors (Lipinski definition) is 1. The molecule has 2 nitrogen and oxygen atoms in total. The van der Waals surface area contributed by atoms with Crippen LogP contribution in [0, 0.1) is 17.8 Å². The van der Waals surface area contributed by atoms with Crippen molar-refractivity contribution in [3.05, 3.63) is 35.9 Å². The second kappa shape index (κ2) is 6.23. The Bertz CT molecular complexity index is 413. The minimum atomic E-state index is 0.0744. The summed E-state index contributed by atoms with van der Waals surface area (Å²) in [4.78, 5) is 12.3. The van der Waals surface area contributed by atoms with E-state index in [2.05, 4.69) is 26.1 Å². The predicted molar refractivity (Wildman–Crippen MR) is 79.0 cm³/mol. The van der Waals surface area contributed by atoms with Crippen molar-refractivity contribution in [2.45, 2.75) is 46.1 Å². The van der Waals surface area contributed by atoms with Crippen molar-refractivity contribution >= 4 is 5.91 Å². The zero-order chi connectivity index (χ0) is 13.8. The van der Waals surface area contributed by atoms with Crippen molar-refractivity contribution in [3.63, 3.8) is 0 Å². The Morgan fingerprint density at radius 1 is 1.21 bits per heavy atom. The molecule has 0 saturated heterocycles. The van der Waals surface area contributed by atoms with Crippen LogP contribution in [0.25, 0.3) is 0 Å². The highest BCUT2D eigenvalue weighted by molar-refractivity contribution is 5.94. The lowest BCUT2D eigenvalue weighted by Crippen LogP contribution is -2.45. The van der Waals surface area contributed by atoms with Gasteiger partial charge in [-0.3, -0.25) is 4.79 Å². The van der Waals surface area contributed by atoms with E-state index < -0.39 is 0 Å². The molecule has 0 spiro atoms. The monoisotopic (exact) mass is 259 g/mol. The van der Waals surface area contributed by atoms with Crippen LogP contribution in [-0.2, 0) is 0 Å². The first kappa shape index (κ1) is 14.1. The third-order valence-corrected chi connectivity index (χ3v) is 4.37. The summed E-state index contributed by atoms with van der Waals surface area (Å²) >= 11 is 0. The van der Waals surface area contributed by atoms with E-state index in [1.165, 1.54) is 12.8 Å². The molecule has 1 aliphatic carbocycles. The van der Waals surface area contributed by atoms with Crippen LogP contribution in [0.5, 0.6) is 0 Å². The Balaban J connectivity index is 2.04. The smallest absolute Gasteiger partial charge is 0.251 e. The highest BCUT2D eigenvalue weighted by Crippen LogP contribution is 2.33. The van der Waals surface area contributed by atoms with Crippen molar-refractivity contribution in [2.24, 2.45) is 17.8 Å². The molecule has 0 heterocycles. The molecular formula is C17H25NO. The molecule has 2 heteroatoms. The average Bonchev–Trinajstić information content (AvgIpc) is 2.39. The van der Waals surface area contributed by atoms with Gasteiger partial charge in [0.05, 0.1) is 0 Å². The van der Waals surface area contributed by atoms with Crippen LogP contribution >= 0.6 is 0 Å². The second-order valence-electron chi connectivity index (χ2n) is 6.27. The van der Waals surface area contributed by atoms with Gasteiger partial charge >= 0.3 is 0 Å². The topological polar surface area (TPSA) is 29.1 Å². The quantitative estimate of drug-likeness (QED) is 0.877. The van der Waals surface area contributed by atoms with Crippen LogP contribution < -0.4 is 5.32 Å². The van der Waals surface area contributed by atoms with Crippen LogP contribution in [0.1, 0.15) is 50.4 Å². The van der Waals surface area contributed by atoms with Gasteiger partial charge in [0.1, 0.15) is 0 Å². The summed E-state index contributed by atoms with van der Waals surface area (Å²) in [6.45, 7) is 6.82. The van der Waals surface area contributed by atoms with Gasteiger partial charge in [-0.2, -0.15) is 0 Å². The Kier molecular flexibility index (Phi) is 4.62. The molecule has 0 radical (unpaired) electrons. The first-order chi connectivity index (χ1) is 9.08. The fraction of sp³-hybridized carbons (Fsp3) is 0.588. The molecule has 1 aromatic rings. The van der Waals surface area contributed by atoms with E-state index in [4.69, 9.17) is 0 Å². The summed E-state index contributed by atoms with van der Waals surface area (Å²) < 4.78 is 0. The molecule has 3 atom stereocenters. The molecule has 19 heavy (non-hydrogen) atoms. The average molecular weight is 259 g/mol. The van der Waals surface area contributed by atoms with Crippen molar-refractivity contribution in [1.29, 1.82) is 0 Å². The number of carbonyl (C=O) groups is 1. The van der Waals surface area contributed by atoms with Gasteiger partial charge in [-0.05, 0) is 42.7 Å². The number of hydrogen-bond acceptors (Lipinski definition) is 1. The SMILES string of the molecule is CC(C)[C@H]1CC[C@H](C)C[C@@H]1NC(=O)c1ccccc1. The minimum Gasteiger partial charge on any atom is -0.349 e. The van der Waals surface area contributed by atoms with Gasteiger partial charge in [-0.15, -0.1) is 0 Å². The summed E-state index contributed by atoms with van der Waals surface area (Å²) in [5, 5.41) is 3.26. The Morgan fingerprint density at radius 3 is 2.53 bits per heavy atom. The Hall–Kier alpha value is -1.31. The van der Waals surface area contributed by atoms with Crippen LogP contribution in [0.15, 0.2) is 30.3 Å². The molecule has 1 amide bonds. The van der Waals surface area contributed by atoms with Crippen molar-refractivity contribution in [3.8, 4) is 0 Å². The predicted octanol–water partition coefficient (Wildman–Crippen LogP) is 3.88. The van der Waals surface area contributed by atoms with Crippen LogP contribution in [0.4, 0.5) is 0 Å². The van der Waals surface area contributed by atoms with E-state index in [-0.39, 0.29) is 5.91 Å². The summed E-state index contributed by atoms with van der Waals surface area (Å²) in [5.74, 6) is 2.04.